The van der Waals surface area contributed by atoms with Crippen LogP contribution < -0.4 is 15.4 Å². The molecule has 3 aromatic heterocycles. The number of hydrogen-bond acceptors (Lipinski definition) is 7. The topological polar surface area (TPSA) is 101 Å². The summed E-state index contributed by atoms with van der Waals surface area (Å²) in [5.41, 5.74) is 1.25. The van der Waals surface area contributed by atoms with E-state index in [2.05, 4.69) is 25.5 Å². The van der Waals surface area contributed by atoms with E-state index in [1.807, 2.05) is 43.3 Å². The molecule has 0 unspecified atom stereocenters. The Morgan fingerprint density at radius 2 is 1.76 bits per heavy atom. The van der Waals surface area contributed by atoms with E-state index in [0.717, 1.165) is 33.9 Å². The third-order valence-corrected chi connectivity index (χ3v) is 8.29. The quantitative estimate of drug-likeness (QED) is 0.195. The maximum atomic E-state index is 15.2. The smallest absolute Gasteiger partial charge is 0.240 e. The van der Waals surface area contributed by atoms with E-state index in [1.165, 1.54) is 23.5 Å². The van der Waals surface area contributed by atoms with E-state index >= 15 is 4.39 Å². The number of imidazole rings is 1. The number of fused-ring (bicyclic) bond motifs is 1. The number of likely N-dealkylation sites (N-methyl/N-ethyl adjacent to an activating group) is 1. The Morgan fingerprint density at radius 3 is 2.48 bits per heavy atom. The van der Waals surface area contributed by atoms with Gasteiger partial charge in [-0.3, -0.25) is 14.6 Å². The van der Waals surface area contributed by atoms with Crippen LogP contribution in [0.5, 0.6) is 11.5 Å². The number of para-hydroxylation sites is 1. The maximum absolute atomic E-state index is 15.2. The molecule has 9 nitrogen and oxygen atoms in total. The Morgan fingerprint density at radius 1 is 1.00 bits per heavy atom. The van der Waals surface area contributed by atoms with Crippen LogP contribution in [-0.4, -0.2) is 51.9 Å². The summed E-state index contributed by atoms with van der Waals surface area (Å²) in [6.07, 6.45) is 6.28. The van der Waals surface area contributed by atoms with Crippen molar-refractivity contribution in [1.29, 1.82) is 0 Å². The molecule has 0 bridgehead atoms. The van der Waals surface area contributed by atoms with E-state index in [1.54, 1.807) is 42.6 Å². The molecular weight excluding hydrogens is 555 g/mol. The van der Waals surface area contributed by atoms with Gasteiger partial charge in [0, 0.05) is 49.0 Å². The zero-order valence-corrected chi connectivity index (χ0v) is 24.0. The number of carbonyl (C=O) groups excluding carboxylic acids is 2. The third-order valence-electron chi connectivity index (χ3n) is 7.13. The first-order valence-corrected chi connectivity index (χ1v) is 14.3. The molecule has 0 saturated heterocycles. The number of benzene rings is 2. The summed E-state index contributed by atoms with van der Waals surface area (Å²) in [6, 6.07) is 16.8. The van der Waals surface area contributed by atoms with Crippen molar-refractivity contribution in [3.05, 3.63) is 85.2 Å². The minimum Gasteiger partial charge on any atom is -0.453 e. The van der Waals surface area contributed by atoms with Crippen molar-refractivity contribution >= 4 is 44.7 Å². The second-order valence-corrected chi connectivity index (χ2v) is 11.6. The summed E-state index contributed by atoms with van der Waals surface area (Å²) in [6.45, 7) is 1.73. The van der Waals surface area contributed by atoms with Crippen molar-refractivity contribution in [2.75, 3.05) is 31.3 Å². The lowest BCUT2D eigenvalue weighted by molar-refractivity contribution is -0.131. The average Bonchev–Trinajstić information content (AvgIpc) is 3.46. The molecule has 1 aliphatic carbocycles. The van der Waals surface area contributed by atoms with Gasteiger partial charge < -0.3 is 24.8 Å². The van der Waals surface area contributed by atoms with Crippen molar-refractivity contribution < 1.29 is 18.7 Å². The Labute approximate surface area is 246 Å². The van der Waals surface area contributed by atoms with E-state index < -0.39 is 17.1 Å². The highest BCUT2D eigenvalue weighted by Crippen LogP contribution is 2.47. The minimum absolute atomic E-state index is 0.00590. The van der Waals surface area contributed by atoms with Crippen molar-refractivity contribution in [1.82, 2.24) is 19.4 Å². The molecule has 1 saturated carbocycles. The molecule has 1 fully saturated rings. The fourth-order valence-corrected chi connectivity index (χ4v) is 5.56. The Kier molecular flexibility index (Phi) is 7.44. The van der Waals surface area contributed by atoms with Crippen LogP contribution in [-0.2, 0) is 16.1 Å². The molecule has 2 N–H and O–H groups in total. The SMILES string of the molecule is CN(C)CCn1cnc(-c2cc3nccc(Oc4ccc(NC(=O)C5(C(=O)Nc6ccccc6)CC5)cc4F)c3s2)c1. The van der Waals surface area contributed by atoms with Gasteiger partial charge >= 0.3 is 0 Å². The molecule has 3 heterocycles. The van der Waals surface area contributed by atoms with Crippen LogP contribution in [0.1, 0.15) is 12.8 Å². The summed E-state index contributed by atoms with van der Waals surface area (Å²) >= 11 is 1.47. The Balaban J connectivity index is 1.15. The number of carbonyl (C=O) groups is 2. The molecule has 0 radical (unpaired) electrons. The van der Waals surface area contributed by atoms with Gasteiger partial charge in [0.25, 0.3) is 0 Å². The van der Waals surface area contributed by atoms with Crippen molar-refractivity contribution in [2.45, 2.75) is 19.4 Å². The number of nitrogens with zero attached hydrogens (tertiary/aromatic N) is 4. The number of hydrogen-bond donors (Lipinski definition) is 2. The molecule has 2 amide bonds. The predicted molar refractivity (Wildman–Crippen MR) is 161 cm³/mol. The van der Waals surface area contributed by atoms with Gasteiger partial charge in [0.1, 0.15) is 11.2 Å². The molecule has 11 heteroatoms. The normalized spacial score (nSPS) is 13.7. The van der Waals surface area contributed by atoms with Crippen LogP contribution in [0.15, 0.2) is 79.4 Å². The summed E-state index contributed by atoms with van der Waals surface area (Å²) in [4.78, 5) is 37.9. The number of pyridine rings is 1. The van der Waals surface area contributed by atoms with E-state index in [9.17, 15) is 9.59 Å². The van der Waals surface area contributed by atoms with E-state index in [0.29, 0.717) is 24.3 Å². The lowest BCUT2D eigenvalue weighted by Crippen LogP contribution is -2.35. The lowest BCUT2D eigenvalue weighted by Gasteiger charge is -2.16. The van der Waals surface area contributed by atoms with E-state index in [4.69, 9.17) is 4.74 Å². The monoisotopic (exact) mass is 584 g/mol. The first kappa shape index (κ1) is 27.6. The third kappa shape index (κ3) is 5.74. The summed E-state index contributed by atoms with van der Waals surface area (Å²) in [7, 11) is 4.06. The van der Waals surface area contributed by atoms with Crippen LogP contribution in [0, 0.1) is 11.2 Å². The van der Waals surface area contributed by atoms with Crippen LogP contribution in [0.4, 0.5) is 15.8 Å². The van der Waals surface area contributed by atoms with Gasteiger partial charge in [0.05, 0.1) is 27.1 Å². The van der Waals surface area contributed by atoms with Crippen molar-refractivity contribution in [2.24, 2.45) is 5.41 Å². The van der Waals surface area contributed by atoms with Gasteiger partial charge in [0.2, 0.25) is 11.8 Å². The Hall–Kier alpha value is -4.61. The van der Waals surface area contributed by atoms with Crippen LogP contribution >= 0.6 is 11.3 Å². The van der Waals surface area contributed by atoms with Crippen molar-refractivity contribution in [3.63, 3.8) is 0 Å². The molecule has 42 heavy (non-hydrogen) atoms. The summed E-state index contributed by atoms with van der Waals surface area (Å²) in [5.74, 6) is -1.01. The lowest BCUT2D eigenvalue weighted by atomic mass is 10.0. The fraction of sp³-hybridized carbons (Fsp3) is 0.226. The number of ether oxygens (including phenoxy) is 1. The van der Waals surface area contributed by atoms with Gasteiger partial charge in [-0.2, -0.15) is 0 Å². The van der Waals surface area contributed by atoms with Gasteiger partial charge in [-0.1, -0.05) is 18.2 Å². The highest BCUT2D eigenvalue weighted by molar-refractivity contribution is 7.22. The molecule has 1 aliphatic rings. The number of halogens is 1. The molecular formula is C31H29FN6O3S. The van der Waals surface area contributed by atoms with Gasteiger partial charge in [-0.15, -0.1) is 11.3 Å². The molecule has 0 atom stereocenters. The van der Waals surface area contributed by atoms with Gasteiger partial charge in [-0.25, -0.2) is 9.37 Å². The van der Waals surface area contributed by atoms with E-state index in [-0.39, 0.29) is 17.3 Å². The molecule has 5 aromatic rings. The summed E-state index contributed by atoms with van der Waals surface area (Å²) < 4.78 is 23.9. The van der Waals surface area contributed by atoms with Gasteiger partial charge in [0.15, 0.2) is 11.6 Å². The standard InChI is InChI=1S/C31H29FN6O3S/c1-37(2)14-15-38-18-24(34-19-38)27-17-23-28(42-27)26(10-13-33-23)41-25-9-8-21(16-22(25)32)36-30(40)31(11-12-31)29(39)35-20-6-4-3-5-7-20/h3-10,13,16-19H,11-12,14-15H2,1-2H3,(H,35,39)(H,36,40). The number of thiophene rings is 1. The molecule has 0 spiro atoms. The fourth-order valence-electron chi connectivity index (χ4n) is 4.53. The number of aromatic nitrogens is 3. The Bertz CT molecular complexity index is 1760. The largest absolute Gasteiger partial charge is 0.453 e. The first-order valence-electron chi connectivity index (χ1n) is 13.5. The second kappa shape index (κ2) is 11.3. The molecule has 0 aliphatic heterocycles. The van der Waals surface area contributed by atoms with Crippen LogP contribution in [0.3, 0.4) is 0 Å². The average molecular weight is 585 g/mol. The summed E-state index contributed by atoms with van der Waals surface area (Å²) in [5, 5.41) is 5.49. The zero-order valence-electron chi connectivity index (χ0n) is 23.1. The number of nitrogens with one attached hydrogen (secondary N) is 2. The zero-order chi connectivity index (χ0) is 29.3. The maximum Gasteiger partial charge on any atom is 0.240 e. The number of amides is 2. The first-order chi connectivity index (χ1) is 20.3. The highest BCUT2D eigenvalue weighted by Gasteiger charge is 2.56. The minimum atomic E-state index is -1.16. The number of rotatable bonds is 10. The van der Waals surface area contributed by atoms with Crippen LogP contribution in [0.25, 0.3) is 20.8 Å². The predicted octanol–water partition coefficient (Wildman–Crippen LogP) is 6.01. The van der Waals surface area contributed by atoms with Gasteiger partial charge in [-0.05, 0) is 57.3 Å². The molecule has 214 valence electrons. The highest BCUT2D eigenvalue weighted by atomic mass is 32.1. The van der Waals surface area contributed by atoms with Crippen molar-refractivity contribution in [3.8, 4) is 22.1 Å². The second-order valence-electron chi connectivity index (χ2n) is 10.5. The number of anilines is 2. The molecule has 6 rings (SSSR count). The van der Waals surface area contributed by atoms with Crippen LogP contribution in [0.2, 0.25) is 0 Å². The molecule has 2 aromatic carbocycles.